The molecule has 0 bridgehead atoms. The van der Waals surface area contributed by atoms with E-state index in [-0.39, 0.29) is 11.9 Å². The SMILES string of the molecule is CCC(=O)N1c2ccccc2[CH]CC1C. The summed E-state index contributed by atoms with van der Waals surface area (Å²) in [6.07, 6.45) is 3.72. The minimum Gasteiger partial charge on any atom is -0.309 e. The van der Waals surface area contributed by atoms with Crippen molar-refractivity contribution in [2.24, 2.45) is 0 Å². The first kappa shape index (κ1) is 10.2. The van der Waals surface area contributed by atoms with E-state index in [0.717, 1.165) is 12.1 Å². The Morgan fingerprint density at radius 1 is 1.47 bits per heavy atom. The van der Waals surface area contributed by atoms with Crippen LogP contribution < -0.4 is 4.90 Å². The minimum atomic E-state index is 0.211. The molecule has 1 atom stereocenters. The summed E-state index contributed by atoms with van der Waals surface area (Å²) in [5.41, 5.74) is 2.24. The molecule has 0 N–H and O–H groups in total. The average Bonchev–Trinajstić information content (AvgIpc) is 2.28. The lowest BCUT2D eigenvalue weighted by Gasteiger charge is -2.35. The number of para-hydroxylation sites is 1. The van der Waals surface area contributed by atoms with Crippen LogP contribution in [0.1, 0.15) is 32.3 Å². The molecule has 1 aromatic rings. The molecule has 1 heterocycles. The Morgan fingerprint density at radius 3 is 2.93 bits per heavy atom. The maximum Gasteiger partial charge on any atom is 0.226 e. The van der Waals surface area contributed by atoms with Gasteiger partial charge in [0.1, 0.15) is 0 Å². The standard InChI is InChI=1S/C13H16NO/c1-3-13(15)14-10(2)8-9-11-6-4-5-7-12(11)14/h4-7,9-10H,3,8H2,1-2H3. The first-order valence-electron chi connectivity index (χ1n) is 5.48. The van der Waals surface area contributed by atoms with E-state index in [2.05, 4.69) is 19.4 Å². The topological polar surface area (TPSA) is 20.3 Å². The molecule has 0 fully saturated rings. The zero-order valence-corrected chi connectivity index (χ0v) is 9.23. The Kier molecular flexibility index (Phi) is 2.76. The Labute approximate surface area is 90.9 Å². The number of hydrogen-bond donors (Lipinski definition) is 0. The van der Waals surface area contributed by atoms with Crippen LogP contribution in [-0.2, 0) is 4.79 Å². The first-order chi connectivity index (χ1) is 7.24. The molecule has 0 aliphatic carbocycles. The van der Waals surface area contributed by atoms with E-state index in [9.17, 15) is 4.79 Å². The molecule has 2 nitrogen and oxygen atoms in total. The normalized spacial score (nSPS) is 19.9. The third-order valence-electron chi connectivity index (χ3n) is 2.89. The number of amides is 1. The Morgan fingerprint density at radius 2 is 2.20 bits per heavy atom. The van der Waals surface area contributed by atoms with Gasteiger partial charge in [0.2, 0.25) is 5.91 Å². The van der Waals surface area contributed by atoms with Gasteiger partial charge in [0, 0.05) is 18.2 Å². The van der Waals surface area contributed by atoms with Crippen molar-refractivity contribution < 1.29 is 4.79 Å². The van der Waals surface area contributed by atoms with Crippen LogP contribution in [0.25, 0.3) is 0 Å². The van der Waals surface area contributed by atoms with Crippen LogP contribution in [0.3, 0.4) is 0 Å². The van der Waals surface area contributed by atoms with Crippen LogP contribution in [0.5, 0.6) is 0 Å². The summed E-state index contributed by atoms with van der Waals surface area (Å²) >= 11 is 0. The minimum absolute atomic E-state index is 0.211. The van der Waals surface area contributed by atoms with E-state index < -0.39 is 0 Å². The van der Waals surface area contributed by atoms with Gasteiger partial charge >= 0.3 is 0 Å². The van der Waals surface area contributed by atoms with Crippen molar-refractivity contribution >= 4 is 11.6 Å². The Bertz CT molecular complexity index is 373. The Balaban J connectivity index is 2.41. The van der Waals surface area contributed by atoms with Crippen molar-refractivity contribution in [2.75, 3.05) is 4.90 Å². The number of hydrogen-bond acceptors (Lipinski definition) is 1. The van der Waals surface area contributed by atoms with Gasteiger partial charge in [-0.15, -0.1) is 0 Å². The lowest BCUT2D eigenvalue weighted by Crippen LogP contribution is -2.41. The second kappa shape index (κ2) is 4.05. The van der Waals surface area contributed by atoms with E-state index in [0.29, 0.717) is 6.42 Å². The molecular weight excluding hydrogens is 186 g/mol. The van der Waals surface area contributed by atoms with Crippen LogP contribution in [0, 0.1) is 6.42 Å². The number of fused-ring (bicyclic) bond motifs is 1. The van der Waals surface area contributed by atoms with Gasteiger partial charge in [-0.25, -0.2) is 0 Å². The average molecular weight is 202 g/mol. The van der Waals surface area contributed by atoms with Crippen LogP contribution in [0.15, 0.2) is 24.3 Å². The fourth-order valence-electron chi connectivity index (χ4n) is 2.07. The summed E-state index contributed by atoms with van der Waals surface area (Å²) in [5.74, 6) is 0.211. The van der Waals surface area contributed by atoms with Crippen LogP contribution in [0.2, 0.25) is 0 Å². The predicted molar refractivity (Wildman–Crippen MR) is 61.7 cm³/mol. The van der Waals surface area contributed by atoms with Gasteiger partial charge in [0.25, 0.3) is 0 Å². The monoisotopic (exact) mass is 202 g/mol. The maximum atomic E-state index is 11.9. The second-order valence-electron chi connectivity index (χ2n) is 3.96. The van der Waals surface area contributed by atoms with E-state index in [4.69, 9.17) is 0 Å². The smallest absolute Gasteiger partial charge is 0.226 e. The number of rotatable bonds is 1. The lowest BCUT2D eigenvalue weighted by molar-refractivity contribution is -0.118. The lowest BCUT2D eigenvalue weighted by atomic mass is 9.96. The van der Waals surface area contributed by atoms with Crippen LogP contribution in [0.4, 0.5) is 5.69 Å². The molecule has 1 aliphatic rings. The number of carbonyl (C=O) groups excluding carboxylic acids is 1. The molecule has 0 spiro atoms. The third-order valence-corrected chi connectivity index (χ3v) is 2.89. The van der Waals surface area contributed by atoms with Gasteiger partial charge in [-0.2, -0.15) is 0 Å². The predicted octanol–water partition coefficient (Wildman–Crippen LogP) is 2.77. The number of anilines is 1. The van der Waals surface area contributed by atoms with Crippen LogP contribution >= 0.6 is 0 Å². The molecule has 1 radical (unpaired) electrons. The van der Waals surface area contributed by atoms with Gasteiger partial charge in [-0.3, -0.25) is 4.79 Å². The maximum absolute atomic E-state index is 11.9. The summed E-state index contributed by atoms with van der Waals surface area (Å²) in [6, 6.07) is 8.37. The molecule has 0 saturated carbocycles. The molecule has 2 heteroatoms. The summed E-state index contributed by atoms with van der Waals surface area (Å²) in [4.78, 5) is 13.8. The van der Waals surface area contributed by atoms with Gasteiger partial charge in [0.15, 0.2) is 0 Å². The van der Waals surface area contributed by atoms with E-state index >= 15 is 0 Å². The molecular formula is C13H16NO. The quantitative estimate of drug-likeness (QED) is 0.685. The van der Waals surface area contributed by atoms with Gasteiger partial charge < -0.3 is 4.90 Å². The largest absolute Gasteiger partial charge is 0.309 e. The highest BCUT2D eigenvalue weighted by Crippen LogP contribution is 2.31. The van der Waals surface area contributed by atoms with E-state index in [1.165, 1.54) is 5.56 Å². The first-order valence-corrected chi connectivity index (χ1v) is 5.48. The molecule has 2 rings (SSSR count). The third kappa shape index (κ3) is 1.76. The number of nitrogens with zero attached hydrogens (tertiary/aromatic N) is 1. The molecule has 1 amide bonds. The Hall–Kier alpha value is -1.31. The van der Waals surface area contributed by atoms with Crippen molar-refractivity contribution in [3.8, 4) is 0 Å². The molecule has 79 valence electrons. The molecule has 1 unspecified atom stereocenters. The fourth-order valence-corrected chi connectivity index (χ4v) is 2.07. The second-order valence-corrected chi connectivity index (χ2v) is 3.96. The van der Waals surface area contributed by atoms with Crippen molar-refractivity contribution in [3.63, 3.8) is 0 Å². The molecule has 1 aliphatic heterocycles. The highest BCUT2D eigenvalue weighted by molar-refractivity contribution is 5.95. The number of benzene rings is 1. The van der Waals surface area contributed by atoms with Crippen molar-refractivity contribution in [1.29, 1.82) is 0 Å². The summed E-state index contributed by atoms with van der Waals surface area (Å²) in [7, 11) is 0. The van der Waals surface area contributed by atoms with Crippen molar-refractivity contribution in [2.45, 2.75) is 32.7 Å². The summed E-state index contributed by atoms with van der Waals surface area (Å²) in [6.45, 7) is 4.01. The van der Waals surface area contributed by atoms with E-state index in [1.807, 2.05) is 30.0 Å². The summed E-state index contributed by atoms with van der Waals surface area (Å²) < 4.78 is 0. The molecule has 0 saturated heterocycles. The van der Waals surface area contributed by atoms with Gasteiger partial charge in [0.05, 0.1) is 0 Å². The van der Waals surface area contributed by atoms with Gasteiger partial charge in [-0.05, 0) is 31.4 Å². The van der Waals surface area contributed by atoms with Crippen molar-refractivity contribution in [3.05, 3.63) is 36.2 Å². The van der Waals surface area contributed by atoms with Gasteiger partial charge in [-0.1, -0.05) is 25.1 Å². The molecule has 0 aromatic heterocycles. The number of carbonyl (C=O) groups is 1. The highest BCUT2D eigenvalue weighted by Gasteiger charge is 2.26. The molecule has 1 aromatic carbocycles. The zero-order valence-electron chi connectivity index (χ0n) is 9.23. The fraction of sp³-hybridized carbons (Fsp3) is 0.385. The van der Waals surface area contributed by atoms with Crippen molar-refractivity contribution in [1.82, 2.24) is 0 Å². The molecule has 15 heavy (non-hydrogen) atoms. The zero-order chi connectivity index (χ0) is 10.8. The van der Waals surface area contributed by atoms with Crippen LogP contribution in [-0.4, -0.2) is 11.9 Å². The summed E-state index contributed by atoms with van der Waals surface area (Å²) in [5, 5.41) is 0. The van der Waals surface area contributed by atoms with E-state index in [1.54, 1.807) is 0 Å². The highest BCUT2D eigenvalue weighted by atomic mass is 16.2.